The van der Waals surface area contributed by atoms with Crippen LogP contribution in [0.1, 0.15) is 0 Å². The normalized spacial score (nSPS) is 11.8. The van der Waals surface area contributed by atoms with Gasteiger partial charge in [-0.25, -0.2) is 15.0 Å². The van der Waals surface area contributed by atoms with Gasteiger partial charge in [0.2, 0.25) is 5.88 Å². The number of ether oxygens (including phenoxy) is 2. The number of benzene rings is 4. The third-order valence-electron chi connectivity index (χ3n) is 11.9. The predicted molar refractivity (Wildman–Crippen MR) is 265 cm³/mol. The first-order valence-corrected chi connectivity index (χ1v) is 21.7. The van der Waals surface area contributed by atoms with Gasteiger partial charge in [-0.2, -0.15) is 5.10 Å². The van der Waals surface area contributed by atoms with Gasteiger partial charge in [0, 0.05) is 75.9 Å². The van der Waals surface area contributed by atoms with Crippen molar-refractivity contribution in [3.05, 3.63) is 182 Å². The Morgan fingerprint density at radius 2 is 1.24 bits per heavy atom. The predicted octanol–water partition coefficient (Wildman–Crippen LogP) is 13.0. The van der Waals surface area contributed by atoms with Crippen molar-refractivity contribution < 1.29 is 18.3 Å². The van der Waals surface area contributed by atoms with E-state index in [4.69, 9.17) is 38.7 Å². The molecule has 14 heteroatoms. The number of para-hydroxylation sites is 2. The molecule has 0 aliphatic rings. The molecule has 68 heavy (non-hydrogen) atoms. The molecular formula is C54H34N10O4. The first kappa shape index (κ1) is 38.6. The van der Waals surface area contributed by atoms with Gasteiger partial charge in [0.05, 0.1) is 39.8 Å². The first-order valence-electron chi connectivity index (χ1n) is 21.7. The molecule has 13 aromatic rings. The maximum Gasteiger partial charge on any atom is 0.292 e. The Balaban J connectivity index is 0.829. The van der Waals surface area contributed by atoms with Gasteiger partial charge < -0.3 is 28.3 Å². The Labute approximate surface area is 385 Å². The molecule has 0 bridgehead atoms. The van der Waals surface area contributed by atoms with Crippen LogP contribution in [-0.2, 0) is 0 Å². The number of pyridine rings is 4. The molecule has 9 heterocycles. The van der Waals surface area contributed by atoms with Crippen LogP contribution in [0.2, 0.25) is 0 Å². The molecule has 2 N–H and O–H groups in total. The van der Waals surface area contributed by atoms with E-state index in [-0.39, 0.29) is 5.95 Å². The van der Waals surface area contributed by atoms with Crippen LogP contribution in [0.3, 0.4) is 0 Å². The standard InChI is InChI=1S/C54H34N10O4/c55-23-27-58-61-48-19-17-43(63(48)36-10-5-2-6-11-36)41-14-16-44-52(59-41)53-45(62(44)35-8-3-1-4-9-35)18-20-49(60-53)68-51-31-34-29-46-33(28-47(34)67-51)30-50(66-46)65-38-13-15-42-40(32-38)39-12-7-24-57-54(39)64(42)37-21-25-56-26-22-37/h1-32,55,61H/b55-23?,58-27-. The zero-order valence-electron chi connectivity index (χ0n) is 35.7. The van der Waals surface area contributed by atoms with E-state index in [0.717, 1.165) is 78.4 Å². The molecule has 0 amide bonds. The SMILES string of the molecule is N=C/C=N\Nc1ccc(-c2ccc3c(n2)c2nc(Oc4cc5cc6oc(Oc7ccc8c(c7)c7cccnc7n8-c7ccncc7)cc6cc5o4)ccc2n3-c2ccccc2)n1-c1ccccc1. The summed E-state index contributed by atoms with van der Waals surface area (Å²) < 4.78 is 31.5. The van der Waals surface area contributed by atoms with Crippen molar-refractivity contribution in [2.75, 3.05) is 5.43 Å². The van der Waals surface area contributed by atoms with Crippen LogP contribution in [0, 0.1) is 5.41 Å². The fourth-order valence-corrected chi connectivity index (χ4v) is 8.99. The summed E-state index contributed by atoms with van der Waals surface area (Å²) in [6.45, 7) is 0. The number of hydrazone groups is 1. The fraction of sp³-hybridized carbons (Fsp3) is 0. The smallest absolute Gasteiger partial charge is 0.292 e. The number of nitrogens with zero attached hydrogens (tertiary/aromatic N) is 8. The molecule has 0 unspecified atom stereocenters. The molecule has 0 saturated heterocycles. The second-order valence-electron chi connectivity index (χ2n) is 15.9. The Morgan fingerprint density at radius 3 is 1.99 bits per heavy atom. The average Bonchev–Trinajstić information content (AvgIpc) is 4.21. The van der Waals surface area contributed by atoms with Crippen LogP contribution in [0.25, 0.3) is 94.4 Å². The number of nitrogens with one attached hydrogen (secondary N) is 2. The van der Waals surface area contributed by atoms with Gasteiger partial charge in [-0.1, -0.05) is 36.4 Å². The molecule has 0 atom stereocenters. The van der Waals surface area contributed by atoms with Gasteiger partial charge in [-0.15, -0.1) is 0 Å². The highest BCUT2D eigenvalue weighted by molar-refractivity contribution is 6.14. The van der Waals surface area contributed by atoms with Gasteiger partial charge in [-0.05, 0) is 109 Å². The van der Waals surface area contributed by atoms with Crippen molar-refractivity contribution in [2.24, 2.45) is 5.10 Å². The highest BCUT2D eigenvalue weighted by atomic mass is 16.6. The Hall–Kier alpha value is -9.82. The third-order valence-corrected chi connectivity index (χ3v) is 11.9. The number of aromatic nitrogens is 7. The van der Waals surface area contributed by atoms with E-state index in [2.05, 4.69) is 48.9 Å². The van der Waals surface area contributed by atoms with Crippen LogP contribution in [-0.4, -0.2) is 46.1 Å². The van der Waals surface area contributed by atoms with E-state index in [0.29, 0.717) is 45.6 Å². The maximum absolute atomic E-state index is 7.38. The van der Waals surface area contributed by atoms with Crippen molar-refractivity contribution in [2.45, 2.75) is 0 Å². The molecular weight excluding hydrogens is 853 g/mol. The topological polar surface area (TPSA) is 159 Å². The highest BCUT2D eigenvalue weighted by Gasteiger charge is 2.21. The first-order chi connectivity index (χ1) is 33.6. The molecule has 0 aliphatic heterocycles. The summed E-state index contributed by atoms with van der Waals surface area (Å²) in [4.78, 5) is 19.2. The Kier molecular flexibility index (Phi) is 8.92. The largest absolute Gasteiger partial charge is 0.426 e. The lowest BCUT2D eigenvalue weighted by Gasteiger charge is -2.13. The number of furan rings is 2. The lowest BCUT2D eigenvalue weighted by molar-refractivity contribution is 0.351. The molecule has 0 saturated carbocycles. The fourth-order valence-electron chi connectivity index (χ4n) is 8.99. The van der Waals surface area contributed by atoms with Crippen molar-refractivity contribution in [3.8, 4) is 52.0 Å². The Bertz CT molecular complexity index is 4040. The molecule has 0 radical (unpaired) electrons. The summed E-state index contributed by atoms with van der Waals surface area (Å²) in [5.74, 6) is 2.31. The number of hydrogen-bond donors (Lipinski definition) is 2. The van der Waals surface area contributed by atoms with Gasteiger partial charge in [0.25, 0.3) is 11.9 Å². The van der Waals surface area contributed by atoms with Crippen LogP contribution < -0.4 is 14.9 Å². The van der Waals surface area contributed by atoms with Crippen molar-refractivity contribution >= 4 is 84.2 Å². The van der Waals surface area contributed by atoms with Crippen LogP contribution in [0.4, 0.5) is 5.82 Å². The minimum absolute atomic E-state index is 0.275. The van der Waals surface area contributed by atoms with E-state index in [1.54, 1.807) is 18.6 Å². The molecule has 0 aliphatic carbocycles. The molecule has 14 nitrogen and oxygen atoms in total. The van der Waals surface area contributed by atoms with Gasteiger partial charge in [0.1, 0.15) is 39.4 Å². The van der Waals surface area contributed by atoms with E-state index in [9.17, 15) is 0 Å². The molecule has 9 aromatic heterocycles. The van der Waals surface area contributed by atoms with Crippen molar-refractivity contribution in [3.63, 3.8) is 0 Å². The average molecular weight is 887 g/mol. The summed E-state index contributed by atoms with van der Waals surface area (Å²) in [7, 11) is 0. The van der Waals surface area contributed by atoms with E-state index < -0.39 is 0 Å². The summed E-state index contributed by atoms with van der Waals surface area (Å²) in [6, 6.07) is 53.4. The summed E-state index contributed by atoms with van der Waals surface area (Å²) in [6.07, 6.45) is 7.86. The van der Waals surface area contributed by atoms with Crippen molar-refractivity contribution in [1.82, 2.24) is 33.6 Å². The van der Waals surface area contributed by atoms with Crippen LogP contribution in [0.5, 0.6) is 23.5 Å². The molecule has 0 fully saturated rings. The Morgan fingerprint density at radius 1 is 0.559 bits per heavy atom. The zero-order chi connectivity index (χ0) is 45.1. The quantitative estimate of drug-likeness (QED) is 0.0952. The zero-order valence-corrected chi connectivity index (χ0v) is 35.7. The maximum atomic E-state index is 7.38. The number of hydrogen-bond acceptors (Lipinski definition) is 11. The number of rotatable bonds is 11. The van der Waals surface area contributed by atoms with E-state index in [1.165, 1.54) is 6.21 Å². The van der Waals surface area contributed by atoms with Gasteiger partial charge in [0.15, 0.2) is 0 Å². The van der Waals surface area contributed by atoms with Crippen LogP contribution in [0.15, 0.2) is 196 Å². The molecule has 4 aromatic carbocycles. The van der Waals surface area contributed by atoms with Crippen molar-refractivity contribution in [1.29, 1.82) is 5.41 Å². The monoisotopic (exact) mass is 886 g/mol. The summed E-state index contributed by atoms with van der Waals surface area (Å²) >= 11 is 0. The minimum atomic E-state index is 0.275. The van der Waals surface area contributed by atoms with Gasteiger partial charge >= 0.3 is 0 Å². The summed E-state index contributed by atoms with van der Waals surface area (Å²) in [5, 5.41) is 15.2. The highest BCUT2D eigenvalue weighted by Crippen LogP contribution is 2.40. The van der Waals surface area contributed by atoms with E-state index in [1.807, 2.05) is 144 Å². The number of anilines is 1. The molecule has 324 valence electrons. The minimum Gasteiger partial charge on any atom is -0.426 e. The molecule has 13 rings (SSSR count). The van der Waals surface area contributed by atoms with Crippen LogP contribution >= 0.6 is 0 Å². The number of fused-ring (bicyclic) bond motifs is 8. The molecule has 0 spiro atoms. The van der Waals surface area contributed by atoms with Gasteiger partial charge in [-0.3, -0.25) is 19.5 Å². The second-order valence-corrected chi connectivity index (χ2v) is 15.9. The van der Waals surface area contributed by atoms with E-state index >= 15 is 0 Å². The summed E-state index contributed by atoms with van der Waals surface area (Å²) in [5.41, 5.74) is 13.7. The second kappa shape index (κ2) is 15.7. The lowest BCUT2D eigenvalue weighted by Crippen LogP contribution is -2.03. The lowest BCUT2D eigenvalue weighted by atomic mass is 10.2. The third kappa shape index (κ3) is 6.50.